The standard InChI is InChI=1S/C18H20F3NO2/c1-2-9-17(11-12-18(19,20)21)10-6-13-22(16(17)24)15(23)14-7-4-3-5-8-14/h2-5,7-8H,1,6,9-13H2/t17-/m1/s1. The van der Waals surface area contributed by atoms with Crippen LogP contribution < -0.4 is 0 Å². The molecule has 1 heterocycles. The first-order valence-corrected chi connectivity index (χ1v) is 7.88. The molecule has 130 valence electrons. The zero-order chi connectivity index (χ0) is 17.8. The molecule has 1 atom stereocenters. The fraction of sp³-hybridized carbons (Fsp3) is 0.444. The molecule has 1 aliphatic heterocycles. The number of piperidine rings is 1. The minimum absolute atomic E-state index is 0.139. The number of halogens is 3. The number of likely N-dealkylation sites (tertiary alicyclic amines) is 1. The van der Waals surface area contributed by atoms with Crippen molar-refractivity contribution in [2.75, 3.05) is 6.54 Å². The Labute approximate surface area is 139 Å². The van der Waals surface area contributed by atoms with E-state index in [1.54, 1.807) is 30.3 Å². The average Bonchev–Trinajstić information content (AvgIpc) is 2.55. The van der Waals surface area contributed by atoms with E-state index in [-0.39, 0.29) is 19.4 Å². The van der Waals surface area contributed by atoms with E-state index < -0.39 is 29.8 Å². The fourth-order valence-electron chi connectivity index (χ4n) is 3.18. The zero-order valence-corrected chi connectivity index (χ0v) is 13.3. The third-order valence-corrected chi connectivity index (χ3v) is 4.42. The quantitative estimate of drug-likeness (QED) is 0.591. The van der Waals surface area contributed by atoms with E-state index in [1.807, 2.05) is 0 Å². The molecule has 0 unspecified atom stereocenters. The van der Waals surface area contributed by atoms with Gasteiger partial charge in [-0.05, 0) is 37.8 Å². The fourth-order valence-corrected chi connectivity index (χ4v) is 3.18. The van der Waals surface area contributed by atoms with Gasteiger partial charge in [0, 0.05) is 18.5 Å². The maximum Gasteiger partial charge on any atom is 0.389 e. The maximum absolute atomic E-state index is 12.9. The number of benzene rings is 1. The molecular weight excluding hydrogens is 319 g/mol. The SMILES string of the molecule is C=CC[C@]1(CCC(F)(F)F)CCCN(C(=O)c2ccccc2)C1=O. The first-order chi connectivity index (χ1) is 11.3. The van der Waals surface area contributed by atoms with Crippen molar-refractivity contribution in [1.82, 2.24) is 4.90 Å². The monoisotopic (exact) mass is 339 g/mol. The maximum atomic E-state index is 12.9. The molecule has 1 fully saturated rings. The number of carbonyl (C=O) groups excluding carboxylic acids is 2. The molecule has 0 saturated carbocycles. The van der Waals surface area contributed by atoms with Gasteiger partial charge >= 0.3 is 6.18 Å². The Kier molecular flexibility index (Phi) is 5.47. The van der Waals surface area contributed by atoms with Gasteiger partial charge in [-0.1, -0.05) is 24.3 Å². The van der Waals surface area contributed by atoms with Gasteiger partial charge in [-0.15, -0.1) is 6.58 Å². The largest absolute Gasteiger partial charge is 0.389 e. The van der Waals surface area contributed by atoms with E-state index >= 15 is 0 Å². The summed E-state index contributed by atoms with van der Waals surface area (Å²) in [6, 6.07) is 8.30. The lowest BCUT2D eigenvalue weighted by Crippen LogP contribution is -2.51. The van der Waals surface area contributed by atoms with Crippen LogP contribution in [0.2, 0.25) is 0 Å². The molecule has 2 rings (SSSR count). The molecule has 1 aromatic carbocycles. The molecule has 24 heavy (non-hydrogen) atoms. The number of carbonyl (C=O) groups is 2. The Balaban J connectivity index is 2.25. The number of hydrogen-bond acceptors (Lipinski definition) is 2. The van der Waals surface area contributed by atoms with E-state index in [4.69, 9.17) is 0 Å². The van der Waals surface area contributed by atoms with Gasteiger partial charge in [-0.3, -0.25) is 14.5 Å². The van der Waals surface area contributed by atoms with Crippen LogP contribution in [0.15, 0.2) is 43.0 Å². The Morgan fingerprint density at radius 1 is 1.29 bits per heavy atom. The van der Waals surface area contributed by atoms with Crippen molar-refractivity contribution in [3.8, 4) is 0 Å². The van der Waals surface area contributed by atoms with Gasteiger partial charge in [-0.2, -0.15) is 13.2 Å². The number of nitrogens with zero attached hydrogens (tertiary/aromatic N) is 1. The van der Waals surface area contributed by atoms with Crippen LogP contribution in [0.1, 0.15) is 42.5 Å². The van der Waals surface area contributed by atoms with Crippen molar-refractivity contribution in [3.63, 3.8) is 0 Å². The predicted octanol–water partition coefficient (Wildman–Crippen LogP) is 4.35. The lowest BCUT2D eigenvalue weighted by molar-refractivity contribution is -0.154. The van der Waals surface area contributed by atoms with E-state index in [0.717, 1.165) is 4.90 Å². The minimum atomic E-state index is -4.33. The van der Waals surface area contributed by atoms with Crippen molar-refractivity contribution in [2.24, 2.45) is 5.41 Å². The summed E-state index contributed by atoms with van der Waals surface area (Å²) in [5.74, 6) is -0.979. The first-order valence-electron chi connectivity index (χ1n) is 7.88. The Hall–Kier alpha value is -2.11. The highest BCUT2D eigenvalue weighted by atomic mass is 19.4. The highest BCUT2D eigenvalue weighted by Gasteiger charge is 2.46. The van der Waals surface area contributed by atoms with Gasteiger partial charge in [0.15, 0.2) is 0 Å². The van der Waals surface area contributed by atoms with Gasteiger partial charge in [0.2, 0.25) is 5.91 Å². The second-order valence-corrected chi connectivity index (χ2v) is 6.12. The van der Waals surface area contributed by atoms with Crippen molar-refractivity contribution >= 4 is 11.8 Å². The molecule has 1 saturated heterocycles. The molecule has 0 radical (unpaired) electrons. The zero-order valence-electron chi connectivity index (χ0n) is 13.3. The predicted molar refractivity (Wildman–Crippen MR) is 84.3 cm³/mol. The second-order valence-electron chi connectivity index (χ2n) is 6.12. The molecule has 0 aromatic heterocycles. The summed E-state index contributed by atoms with van der Waals surface area (Å²) in [6.07, 6.45) is -3.26. The van der Waals surface area contributed by atoms with Crippen LogP contribution in [0.25, 0.3) is 0 Å². The smallest absolute Gasteiger partial charge is 0.278 e. The molecule has 0 aliphatic carbocycles. The van der Waals surface area contributed by atoms with E-state index in [0.29, 0.717) is 18.4 Å². The number of alkyl halides is 3. The summed E-state index contributed by atoms with van der Waals surface area (Å²) in [7, 11) is 0. The van der Waals surface area contributed by atoms with Gasteiger partial charge < -0.3 is 0 Å². The van der Waals surface area contributed by atoms with Crippen molar-refractivity contribution in [2.45, 2.75) is 38.3 Å². The van der Waals surface area contributed by atoms with Gasteiger partial charge in [0.1, 0.15) is 0 Å². The average molecular weight is 339 g/mol. The summed E-state index contributed by atoms with van der Waals surface area (Å²) in [4.78, 5) is 26.5. The van der Waals surface area contributed by atoms with Crippen molar-refractivity contribution in [1.29, 1.82) is 0 Å². The highest BCUT2D eigenvalue weighted by Crippen LogP contribution is 2.42. The number of allylic oxidation sites excluding steroid dienone is 1. The van der Waals surface area contributed by atoms with E-state index in [2.05, 4.69) is 6.58 Å². The summed E-state index contributed by atoms with van der Waals surface area (Å²) in [5.41, 5.74) is -0.837. The summed E-state index contributed by atoms with van der Waals surface area (Å²) >= 11 is 0. The van der Waals surface area contributed by atoms with Crippen LogP contribution in [-0.2, 0) is 4.79 Å². The number of amides is 2. The third kappa shape index (κ3) is 4.04. The number of hydrogen-bond donors (Lipinski definition) is 0. The van der Waals surface area contributed by atoms with Crippen LogP contribution >= 0.6 is 0 Å². The summed E-state index contributed by atoms with van der Waals surface area (Å²) in [6.45, 7) is 3.80. The van der Waals surface area contributed by atoms with Crippen molar-refractivity contribution < 1.29 is 22.8 Å². The van der Waals surface area contributed by atoms with Crippen LogP contribution in [0.4, 0.5) is 13.2 Å². The molecule has 2 amide bonds. The first kappa shape index (κ1) is 18.2. The minimum Gasteiger partial charge on any atom is -0.278 e. The topological polar surface area (TPSA) is 37.4 Å². The lowest BCUT2D eigenvalue weighted by atomic mass is 9.72. The highest BCUT2D eigenvalue weighted by molar-refractivity contribution is 6.06. The van der Waals surface area contributed by atoms with E-state index in [1.165, 1.54) is 6.08 Å². The van der Waals surface area contributed by atoms with Crippen LogP contribution in [0.5, 0.6) is 0 Å². The van der Waals surface area contributed by atoms with E-state index in [9.17, 15) is 22.8 Å². The molecular formula is C18H20F3NO2. The molecule has 0 spiro atoms. The Bertz CT molecular complexity index is 612. The normalized spacial score (nSPS) is 21.6. The molecule has 0 N–H and O–H groups in total. The van der Waals surface area contributed by atoms with Crippen molar-refractivity contribution in [3.05, 3.63) is 48.6 Å². The van der Waals surface area contributed by atoms with Crippen LogP contribution in [-0.4, -0.2) is 29.4 Å². The van der Waals surface area contributed by atoms with Crippen LogP contribution in [0, 0.1) is 5.41 Å². The molecule has 1 aromatic rings. The lowest BCUT2D eigenvalue weighted by Gasteiger charge is -2.40. The van der Waals surface area contributed by atoms with Gasteiger partial charge in [0.25, 0.3) is 5.91 Å². The Morgan fingerprint density at radius 3 is 2.54 bits per heavy atom. The molecule has 0 bridgehead atoms. The summed E-state index contributed by atoms with van der Waals surface area (Å²) in [5, 5.41) is 0. The third-order valence-electron chi connectivity index (χ3n) is 4.42. The summed E-state index contributed by atoms with van der Waals surface area (Å²) < 4.78 is 38.0. The molecule has 1 aliphatic rings. The second kappa shape index (κ2) is 7.20. The van der Waals surface area contributed by atoms with Gasteiger partial charge in [0.05, 0.1) is 5.41 Å². The van der Waals surface area contributed by atoms with Gasteiger partial charge in [-0.25, -0.2) is 0 Å². The molecule has 3 nitrogen and oxygen atoms in total. The molecule has 6 heteroatoms. The number of imide groups is 1. The Morgan fingerprint density at radius 2 is 1.96 bits per heavy atom. The number of rotatable bonds is 5. The van der Waals surface area contributed by atoms with Crippen LogP contribution in [0.3, 0.4) is 0 Å².